The highest BCUT2D eigenvalue weighted by Gasteiger charge is 2.16. The minimum atomic E-state index is 0.443. The predicted octanol–water partition coefficient (Wildman–Crippen LogP) is 2.95. The summed E-state index contributed by atoms with van der Waals surface area (Å²) in [6, 6.07) is 0.490. The minimum Gasteiger partial charge on any atom is -0.396 e. The van der Waals surface area contributed by atoms with E-state index in [1.54, 1.807) is 6.20 Å². The van der Waals surface area contributed by atoms with Crippen molar-refractivity contribution < 1.29 is 0 Å². The lowest BCUT2D eigenvalue weighted by Crippen LogP contribution is -2.13. The molecule has 80 valence electrons. The molecule has 0 aliphatic carbocycles. The Kier molecular flexibility index (Phi) is 3.55. The Hall–Kier alpha value is -0.990. The van der Waals surface area contributed by atoms with Gasteiger partial charge in [0.05, 0.1) is 23.6 Å². The van der Waals surface area contributed by atoms with Crippen molar-refractivity contribution in [2.75, 3.05) is 5.73 Å². The molecule has 3 heteroatoms. The van der Waals surface area contributed by atoms with E-state index in [0.717, 1.165) is 18.5 Å². The van der Waals surface area contributed by atoms with E-state index >= 15 is 0 Å². The lowest BCUT2D eigenvalue weighted by molar-refractivity contribution is 0.409. The number of nitrogens with zero attached hydrogens (tertiary/aromatic N) is 2. The van der Waals surface area contributed by atoms with Gasteiger partial charge in [-0.3, -0.25) is 4.68 Å². The highest BCUT2D eigenvalue weighted by molar-refractivity contribution is 5.42. The maximum Gasteiger partial charge on any atom is 0.0735 e. The fourth-order valence-corrected chi connectivity index (χ4v) is 1.91. The second kappa shape index (κ2) is 4.49. The molecule has 0 bridgehead atoms. The number of hydrogen-bond donors (Lipinski definition) is 1. The largest absolute Gasteiger partial charge is 0.396 e. The number of anilines is 1. The molecule has 0 radical (unpaired) electrons. The zero-order valence-electron chi connectivity index (χ0n) is 9.62. The average Bonchev–Trinajstić information content (AvgIpc) is 2.50. The van der Waals surface area contributed by atoms with Crippen LogP contribution in [0.3, 0.4) is 0 Å². The third kappa shape index (κ3) is 1.91. The summed E-state index contributed by atoms with van der Waals surface area (Å²) < 4.78 is 2.10. The van der Waals surface area contributed by atoms with Gasteiger partial charge >= 0.3 is 0 Å². The number of hydrogen-bond acceptors (Lipinski definition) is 2. The van der Waals surface area contributed by atoms with Crippen molar-refractivity contribution in [1.29, 1.82) is 0 Å². The monoisotopic (exact) mass is 195 g/mol. The van der Waals surface area contributed by atoms with Crippen molar-refractivity contribution in [1.82, 2.24) is 9.78 Å². The van der Waals surface area contributed by atoms with Crippen molar-refractivity contribution in [3.8, 4) is 0 Å². The van der Waals surface area contributed by atoms with Crippen LogP contribution in [0.15, 0.2) is 6.20 Å². The van der Waals surface area contributed by atoms with Gasteiger partial charge in [-0.1, -0.05) is 27.7 Å². The Morgan fingerprint density at radius 3 is 2.36 bits per heavy atom. The zero-order valence-corrected chi connectivity index (χ0v) is 9.62. The fourth-order valence-electron chi connectivity index (χ4n) is 1.91. The summed E-state index contributed by atoms with van der Waals surface area (Å²) in [4.78, 5) is 0. The summed E-state index contributed by atoms with van der Waals surface area (Å²) >= 11 is 0. The van der Waals surface area contributed by atoms with Crippen molar-refractivity contribution in [2.45, 2.75) is 52.5 Å². The molecule has 3 nitrogen and oxygen atoms in total. The summed E-state index contributed by atoms with van der Waals surface area (Å²) in [6.45, 7) is 8.70. The fraction of sp³-hybridized carbons (Fsp3) is 0.727. The third-order valence-electron chi connectivity index (χ3n) is 2.70. The van der Waals surface area contributed by atoms with E-state index in [1.165, 1.54) is 5.69 Å². The molecule has 0 aliphatic heterocycles. The molecule has 1 rings (SSSR count). The van der Waals surface area contributed by atoms with Gasteiger partial charge in [0.15, 0.2) is 0 Å². The van der Waals surface area contributed by atoms with E-state index in [1.807, 2.05) is 0 Å². The van der Waals surface area contributed by atoms with Crippen molar-refractivity contribution >= 4 is 5.69 Å². The maximum atomic E-state index is 5.91. The maximum absolute atomic E-state index is 5.91. The quantitative estimate of drug-likeness (QED) is 0.802. The summed E-state index contributed by atoms with van der Waals surface area (Å²) in [5.74, 6) is 0.443. The molecule has 1 aromatic heterocycles. The van der Waals surface area contributed by atoms with E-state index < -0.39 is 0 Å². The SMILES string of the molecule is CCC(CC)n1ncc(N)c1C(C)C. The molecular formula is C11H21N3. The van der Waals surface area contributed by atoms with Crippen LogP contribution in [0.2, 0.25) is 0 Å². The minimum absolute atomic E-state index is 0.443. The van der Waals surface area contributed by atoms with Crippen LogP contribution in [-0.2, 0) is 0 Å². The van der Waals surface area contributed by atoms with Gasteiger partial charge in [-0.2, -0.15) is 5.10 Å². The van der Waals surface area contributed by atoms with Gasteiger partial charge in [-0.15, -0.1) is 0 Å². The second-order valence-corrected chi connectivity index (χ2v) is 4.05. The van der Waals surface area contributed by atoms with Crippen LogP contribution in [0, 0.1) is 0 Å². The first kappa shape index (κ1) is 11.1. The molecule has 0 saturated heterocycles. The molecule has 1 heterocycles. The standard InChI is InChI=1S/C11H21N3/c1-5-9(6-2)14-11(8(3)4)10(12)7-13-14/h7-9H,5-6,12H2,1-4H3. The first-order valence-electron chi connectivity index (χ1n) is 5.44. The highest BCUT2D eigenvalue weighted by atomic mass is 15.3. The van der Waals surface area contributed by atoms with Crippen LogP contribution >= 0.6 is 0 Å². The molecule has 0 atom stereocenters. The Morgan fingerprint density at radius 1 is 1.36 bits per heavy atom. The van der Waals surface area contributed by atoms with Crippen LogP contribution in [-0.4, -0.2) is 9.78 Å². The Balaban J connectivity index is 3.07. The van der Waals surface area contributed by atoms with Gasteiger partial charge in [0, 0.05) is 0 Å². The van der Waals surface area contributed by atoms with Gasteiger partial charge < -0.3 is 5.73 Å². The van der Waals surface area contributed by atoms with Crippen molar-refractivity contribution in [3.05, 3.63) is 11.9 Å². The topological polar surface area (TPSA) is 43.8 Å². The Labute approximate surface area is 86.3 Å². The highest BCUT2D eigenvalue weighted by Crippen LogP contribution is 2.26. The Morgan fingerprint density at radius 2 is 1.93 bits per heavy atom. The van der Waals surface area contributed by atoms with E-state index in [4.69, 9.17) is 5.73 Å². The summed E-state index contributed by atoms with van der Waals surface area (Å²) in [5, 5.41) is 4.37. The first-order chi connectivity index (χ1) is 6.61. The second-order valence-electron chi connectivity index (χ2n) is 4.05. The molecule has 0 spiro atoms. The average molecular weight is 195 g/mol. The molecule has 0 amide bonds. The summed E-state index contributed by atoms with van der Waals surface area (Å²) in [5.41, 5.74) is 7.91. The van der Waals surface area contributed by atoms with Gasteiger partial charge in [0.25, 0.3) is 0 Å². The third-order valence-corrected chi connectivity index (χ3v) is 2.70. The molecule has 0 saturated carbocycles. The zero-order chi connectivity index (χ0) is 10.7. The molecule has 2 N–H and O–H groups in total. The van der Waals surface area contributed by atoms with E-state index in [-0.39, 0.29) is 0 Å². The van der Waals surface area contributed by atoms with Gasteiger partial charge in [-0.05, 0) is 18.8 Å². The lowest BCUT2D eigenvalue weighted by atomic mass is 10.1. The molecular weight excluding hydrogens is 174 g/mol. The normalized spacial score (nSPS) is 11.6. The van der Waals surface area contributed by atoms with Crippen LogP contribution in [0.5, 0.6) is 0 Å². The van der Waals surface area contributed by atoms with Gasteiger partial charge in [-0.25, -0.2) is 0 Å². The number of rotatable bonds is 4. The molecule has 1 aromatic rings. The van der Waals surface area contributed by atoms with E-state index in [2.05, 4.69) is 37.5 Å². The number of aromatic nitrogens is 2. The molecule has 0 aromatic carbocycles. The van der Waals surface area contributed by atoms with E-state index in [0.29, 0.717) is 12.0 Å². The van der Waals surface area contributed by atoms with Crippen LogP contribution in [0.4, 0.5) is 5.69 Å². The van der Waals surface area contributed by atoms with Crippen molar-refractivity contribution in [3.63, 3.8) is 0 Å². The van der Waals surface area contributed by atoms with Crippen molar-refractivity contribution in [2.24, 2.45) is 0 Å². The van der Waals surface area contributed by atoms with E-state index in [9.17, 15) is 0 Å². The predicted molar refractivity (Wildman–Crippen MR) is 60.3 cm³/mol. The molecule has 0 fully saturated rings. The first-order valence-corrected chi connectivity index (χ1v) is 5.44. The molecule has 14 heavy (non-hydrogen) atoms. The smallest absolute Gasteiger partial charge is 0.0735 e. The van der Waals surface area contributed by atoms with Crippen LogP contribution in [0.25, 0.3) is 0 Å². The lowest BCUT2D eigenvalue weighted by Gasteiger charge is -2.18. The van der Waals surface area contributed by atoms with Crippen LogP contribution < -0.4 is 5.73 Å². The van der Waals surface area contributed by atoms with Gasteiger partial charge in [0.1, 0.15) is 0 Å². The molecule has 0 aliphatic rings. The summed E-state index contributed by atoms with van der Waals surface area (Å²) in [6.07, 6.45) is 3.99. The Bertz CT molecular complexity index is 285. The van der Waals surface area contributed by atoms with Gasteiger partial charge in [0.2, 0.25) is 0 Å². The molecule has 0 unspecified atom stereocenters. The summed E-state index contributed by atoms with van der Waals surface area (Å²) in [7, 11) is 0. The number of nitrogen functional groups attached to an aromatic ring is 1. The van der Waals surface area contributed by atoms with Crippen LogP contribution in [0.1, 0.15) is 58.2 Å². The number of nitrogens with two attached hydrogens (primary N) is 1.